The van der Waals surface area contributed by atoms with Crippen molar-refractivity contribution in [3.05, 3.63) is 89.5 Å². The number of benzene rings is 3. The van der Waals surface area contributed by atoms with Crippen molar-refractivity contribution in [2.75, 3.05) is 16.6 Å². The van der Waals surface area contributed by atoms with Gasteiger partial charge >= 0.3 is 5.97 Å². The van der Waals surface area contributed by atoms with E-state index in [1.807, 2.05) is 6.92 Å². The molecule has 0 atom stereocenters. The molecule has 8 nitrogen and oxygen atoms in total. The second-order valence-corrected chi connectivity index (χ2v) is 8.94. The maximum atomic E-state index is 12.5. The van der Waals surface area contributed by atoms with Crippen LogP contribution in [0.25, 0.3) is 0 Å². The summed E-state index contributed by atoms with van der Waals surface area (Å²) in [6.07, 6.45) is 0. The van der Waals surface area contributed by atoms with E-state index in [1.165, 1.54) is 37.3 Å². The number of esters is 1. The molecule has 33 heavy (non-hydrogen) atoms. The van der Waals surface area contributed by atoms with Gasteiger partial charge in [-0.15, -0.1) is 0 Å². The Morgan fingerprint density at radius 1 is 0.848 bits per heavy atom. The minimum atomic E-state index is -3.83. The molecule has 0 saturated heterocycles. The number of hydrogen-bond donors (Lipinski definition) is 2. The molecule has 0 radical (unpaired) electrons. The molecule has 0 unspecified atom stereocenters. The van der Waals surface area contributed by atoms with Crippen LogP contribution >= 0.6 is 0 Å². The molecule has 0 heterocycles. The van der Waals surface area contributed by atoms with Crippen molar-refractivity contribution in [2.24, 2.45) is 0 Å². The number of ketones is 1. The topological polar surface area (TPSA) is 119 Å². The van der Waals surface area contributed by atoms with Gasteiger partial charge in [-0.1, -0.05) is 29.8 Å². The van der Waals surface area contributed by atoms with E-state index >= 15 is 0 Å². The first kappa shape index (κ1) is 23.7. The first-order valence-corrected chi connectivity index (χ1v) is 11.4. The standard InChI is InChI=1S/C24H22N2O6S/c1-16-6-10-20(11-7-16)26-33(30,31)22-12-8-18(9-13-22)24(29)32-15-23(28)25-21-5-3-4-19(14-21)17(2)27/h3-14,26H,15H2,1-2H3,(H,25,28). The quantitative estimate of drug-likeness (QED) is 0.385. The summed E-state index contributed by atoms with van der Waals surface area (Å²) in [5.74, 6) is -1.50. The third-order valence-corrected chi connectivity index (χ3v) is 5.99. The molecule has 0 aliphatic carbocycles. The monoisotopic (exact) mass is 466 g/mol. The number of ether oxygens (including phenoxy) is 1. The maximum Gasteiger partial charge on any atom is 0.338 e. The highest BCUT2D eigenvalue weighted by molar-refractivity contribution is 7.92. The fraction of sp³-hybridized carbons (Fsp3) is 0.125. The Morgan fingerprint density at radius 2 is 1.52 bits per heavy atom. The molecular formula is C24H22N2O6S. The fourth-order valence-corrected chi connectivity index (χ4v) is 3.89. The van der Waals surface area contributed by atoms with Gasteiger partial charge in [-0.2, -0.15) is 0 Å². The number of sulfonamides is 1. The molecule has 0 aliphatic rings. The first-order valence-electron chi connectivity index (χ1n) is 9.91. The number of rotatable bonds is 8. The van der Waals surface area contributed by atoms with Crippen LogP contribution < -0.4 is 10.0 Å². The van der Waals surface area contributed by atoms with E-state index in [9.17, 15) is 22.8 Å². The molecule has 0 aliphatic heterocycles. The van der Waals surface area contributed by atoms with E-state index in [1.54, 1.807) is 42.5 Å². The van der Waals surface area contributed by atoms with Crippen LogP contribution in [-0.4, -0.2) is 32.7 Å². The molecule has 3 rings (SSSR count). The van der Waals surface area contributed by atoms with Gasteiger partial charge in [-0.05, 0) is 62.4 Å². The van der Waals surface area contributed by atoms with Crippen LogP contribution in [0, 0.1) is 6.92 Å². The van der Waals surface area contributed by atoms with Crippen LogP contribution in [0.1, 0.15) is 33.2 Å². The molecular weight excluding hydrogens is 444 g/mol. The molecule has 1 amide bonds. The normalized spacial score (nSPS) is 10.8. The Labute approximate surface area is 191 Å². The van der Waals surface area contributed by atoms with Crippen LogP contribution in [0.5, 0.6) is 0 Å². The average molecular weight is 467 g/mol. The Bertz CT molecular complexity index is 1280. The summed E-state index contributed by atoms with van der Waals surface area (Å²) in [5, 5.41) is 2.54. The van der Waals surface area contributed by atoms with Gasteiger partial charge in [0.25, 0.3) is 15.9 Å². The van der Waals surface area contributed by atoms with Gasteiger partial charge in [0.1, 0.15) is 0 Å². The zero-order chi connectivity index (χ0) is 24.0. The molecule has 0 aromatic heterocycles. The molecule has 0 spiro atoms. The van der Waals surface area contributed by atoms with Crippen LogP contribution in [0.3, 0.4) is 0 Å². The maximum absolute atomic E-state index is 12.5. The number of amides is 1. The van der Waals surface area contributed by atoms with Gasteiger partial charge < -0.3 is 10.1 Å². The second kappa shape index (κ2) is 10.1. The predicted octanol–water partition coefficient (Wildman–Crippen LogP) is 3.79. The Morgan fingerprint density at radius 3 is 2.15 bits per heavy atom. The number of nitrogens with one attached hydrogen (secondary N) is 2. The molecule has 170 valence electrons. The predicted molar refractivity (Wildman–Crippen MR) is 124 cm³/mol. The Balaban J connectivity index is 1.57. The van der Waals surface area contributed by atoms with E-state index in [2.05, 4.69) is 10.0 Å². The summed E-state index contributed by atoms with van der Waals surface area (Å²) >= 11 is 0. The Hall–Kier alpha value is -3.98. The van der Waals surface area contributed by atoms with Gasteiger partial charge in [0.15, 0.2) is 12.4 Å². The third kappa shape index (κ3) is 6.50. The van der Waals surface area contributed by atoms with Gasteiger partial charge in [0, 0.05) is 16.9 Å². The van der Waals surface area contributed by atoms with Gasteiger partial charge in [-0.25, -0.2) is 13.2 Å². The highest BCUT2D eigenvalue weighted by Gasteiger charge is 2.16. The van der Waals surface area contributed by atoms with Crippen molar-refractivity contribution in [1.29, 1.82) is 0 Å². The van der Waals surface area contributed by atoms with Crippen LogP contribution in [-0.2, 0) is 19.6 Å². The van der Waals surface area contributed by atoms with Crippen LogP contribution in [0.2, 0.25) is 0 Å². The highest BCUT2D eigenvalue weighted by Crippen LogP contribution is 2.18. The number of hydrogen-bond acceptors (Lipinski definition) is 6. The smallest absolute Gasteiger partial charge is 0.338 e. The third-order valence-electron chi connectivity index (χ3n) is 4.59. The zero-order valence-corrected chi connectivity index (χ0v) is 18.8. The van der Waals surface area contributed by atoms with Crippen molar-refractivity contribution in [3.8, 4) is 0 Å². The SMILES string of the molecule is CC(=O)c1cccc(NC(=O)COC(=O)c2ccc(S(=O)(=O)Nc3ccc(C)cc3)cc2)c1. The van der Waals surface area contributed by atoms with Crippen LogP contribution in [0.4, 0.5) is 11.4 Å². The summed E-state index contributed by atoms with van der Waals surface area (Å²) in [7, 11) is -3.83. The number of carbonyl (C=O) groups is 3. The van der Waals surface area contributed by atoms with E-state index < -0.39 is 28.5 Å². The van der Waals surface area contributed by atoms with Gasteiger partial charge in [0.05, 0.1) is 10.5 Å². The number of Topliss-reactive ketones (excluding diaryl/α,β-unsaturated/α-hetero) is 1. The number of anilines is 2. The van der Waals surface area contributed by atoms with Crippen molar-refractivity contribution in [1.82, 2.24) is 0 Å². The lowest BCUT2D eigenvalue weighted by molar-refractivity contribution is -0.119. The summed E-state index contributed by atoms with van der Waals surface area (Å²) in [6.45, 7) is 2.77. The molecule has 3 aromatic carbocycles. The lowest BCUT2D eigenvalue weighted by Crippen LogP contribution is -2.21. The van der Waals surface area contributed by atoms with Gasteiger partial charge in [-0.3, -0.25) is 14.3 Å². The summed E-state index contributed by atoms with van der Waals surface area (Å²) in [4.78, 5) is 35.7. The number of carbonyl (C=O) groups excluding carboxylic acids is 3. The minimum Gasteiger partial charge on any atom is -0.452 e. The lowest BCUT2D eigenvalue weighted by atomic mass is 10.1. The van der Waals surface area contributed by atoms with E-state index in [4.69, 9.17) is 4.74 Å². The molecule has 9 heteroatoms. The van der Waals surface area contributed by atoms with Crippen molar-refractivity contribution < 1.29 is 27.5 Å². The largest absolute Gasteiger partial charge is 0.452 e. The minimum absolute atomic E-state index is 0.0253. The van der Waals surface area contributed by atoms with E-state index in [0.29, 0.717) is 16.9 Å². The van der Waals surface area contributed by atoms with Crippen LogP contribution in [0.15, 0.2) is 77.7 Å². The van der Waals surface area contributed by atoms with Crippen molar-refractivity contribution in [2.45, 2.75) is 18.7 Å². The Kier molecular flexibility index (Phi) is 7.24. The summed E-state index contributed by atoms with van der Waals surface area (Å²) < 4.78 is 32.5. The van der Waals surface area contributed by atoms with Crippen molar-refractivity contribution >= 4 is 39.1 Å². The molecule has 0 fully saturated rings. The average Bonchev–Trinajstić information content (AvgIpc) is 2.79. The number of aryl methyl sites for hydroxylation is 1. The zero-order valence-electron chi connectivity index (χ0n) is 18.0. The second-order valence-electron chi connectivity index (χ2n) is 7.26. The van der Waals surface area contributed by atoms with E-state index in [-0.39, 0.29) is 16.2 Å². The van der Waals surface area contributed by atoms with Crippen molar-refractivity contribution in [3.63, 3.8) is 0 Å². The molecule has 3 aromatic rings. The first-order chi connectivity index (χ1) is 15.6. The van der Waals surface area contributed by atoms with E-state index in [0.717, 1.165) is 5.56 Å². The lowest BCUT2D eigenvalue weighted by Gasteiger charge is -2.10. The molecule has 2 N–H and O–H groups in total. The highest BCUT2D eigenvalue weighted by atomic mass is 32.2. The molecule has 0 saturated carbocycles. The van der Waals surface area contributed by atoms with Gasteiger partial charge in [0.2, 0.25) is 0 Å². The molecule has 0 bridgehead atoms. The fourth-order valence-electron chi connectivity index (χ4n) is 2.83. The summed E-state index contributed by atoms with van der Waals surface area (Å²) in [6, 6.07) is 18.4. The summed E-state index contributed by atoms with van der Waals surface area (Å²) in [5.41, 5.74) is 2.36.